The Kier molecular flexibility index (Phi) is 3.59. The van der Waals surface area contributed by atoms with Gasteiger partial charge < -0.3 is 5.11 Å². The van der Waals surface area contributed by atoms with Crippen LogP contribution in [0.1, 0.15) is 36.8 Å². The molecule has 0 saturated heterocycles. The quantitative estimate of drug-likeness (QED) is 0.920. The number of carboxylic acid groups (broad SMARTS) is 1. The Labute approximate surface area is 109 Å². The molecule has 0 fully saturated rings. The highest BCUT2D eigenvalue weighted by molar-refractivity contribution is 5.92. The number of nitrogens with zero attached hydrogens (tertiary/aromatic N) is 3. The Morgan fingerprint density at radius 2 is 2.05 bits per heavy atom. The van der Waals surface area contributed by atoms with Crippen molar-refractivity contribution >= 4 is 5.97 Å². The highest BCUT2D eigenvalue weighted by Crippen LogP contribution is 2.26. The summed E-state index contributed by atoms with van der Waals surface area (Å²) in [5.41, 5.74) is 0.873. The summed E-state index contributed by atoms with van der Waals surface area (Å²) in [5.74, 6) is -1.52. The molecular formula is C13H14FN3O2. The average Bonchev–Trinajstić information content (AvgIpc) is 2.83. The normalized spacial score (nSPS) is 12.4. The highest BCUT2D eigenvalue weighted by atomic mass is 19.1. The highest BCUT2D eigenvalue weighted by Gasteiger charge is 2.22. The van der Waals surface area contributed by atoms with E-state index in [0.29, 0.717) is 11.3 Å². The van der Waals surface area contributed by atoms with Gasteiger partial charge in [0.1, 0.15) is 11.5 Å². The summed E-state index contributed by atoms with van der Waals surface area (Å²) in [6, 6.07) is 5.64. The van der Waals surface area contributed by atoms with Crippen molar-refractivity contribution in [1.29, 1.82) is 0 Å². The first kappa shape index (κ1) is 13.2. The summed E-state index contributed by atoms with van der Waals surface area (Å²) in [4.78, 5) is 11.2. The van der Waals surface area contributed by atoms with Gasteiger partial charge in [-0.15, -0.1) is 5.10 Å². The van der Waals surface area contributed by atoms with Crippen LogP contribution < -0.4 is 0 Å². The summed E-state index contributed by atoms with van der Waals surface area (Å²) in [6.45, 7) is 3.90. The first-order valence-electron chi connectivity index (χ1n) is 5.99. The summed E-state index contributed by atoms with van der Waals surface area (Å²) < 4.78 is 14.5. The van der Waals surface area contributed by atoms with Crippen molar-refractivity contribution in [2.45, 2.75) is 26.3 Å². The van der Waals surface area contributed by atoms with E-state index in [9.17, 15) is 9.18 Å². The van der Waals surface area contributed by atoms with E-state index in [-0.39, 0.29) is 17.6 Å². The van der Waals surface area contributed by atoms with Crippen molar-refractivity contribution in [2.24, 2.45) is 0 Å². The smallest absolute Gasteiger partial charge is 0.358 e. The SMILES string of the molecule is CCC(C)n1nnc(C(=O)O)c1-c1ccc(F)cc1. The monoisotopic (exact) mass is 263 g/mol. The van der Waals surface area contributed by atoms with Gasteiger partial charge in [-0.2, -0.15) is 0 Å². The Morgan fingerprint density at radius 3 is 2.58 bits per heavy atom. The first-order chi connectivity index (χ1) is 9.04. The van der Waals surface area contributed by atoms with Gasteiger partial charge in [0.15, 0.2) is 5.69 Å². The average molecular weight is 263 g/mol. The Balaban J connectivity index is 2.60. The summed E-state index contributed by atoms with van der Waals surface area (Å²) in [7, 11) is 0. The Bertz CT molecular complexity index is 592. The van der Waals surface area contributed by atoms with Crippen LogP contribution in [0.2, 0.25) is 0 Å². The summed E-state index contributed by atoms with van der Waals surface area (Å²) >= 11 is 0. The third kappa shape index (κ3) is 2.47. The van der Waals surface area contributed by atoms with Gasteiger partial charge in [0.25, 0.3) is 0 Å². The number of benzene rings is 1. The molecule has 5 nitrogen and oxygen atoms in total. The van der Waals surface area contributed by atoms with Gasteiger partial charge in [0.05, 0.1) is 6.04 Å². The molecule has 6 heteroatoms. The largest absolute Gasteiger partial charge is 0.476 e. The maximum Gasteiger partial charge on any atom is 0.358 e. The maximum atomic E-state index is 13.0. The van der Waals surface area contributed by atoms with Crippen LogP contribution in [0.15, 0.2) is 24.3 Å². The molecular weight excluding hydrogens is 249 g/mol. The van der Waals surface area contributed by atoms with Crippen molar-refractivity contribution in [3.63, 3.8) is 0 Å². The lowest BCUT2D eigenvalue weighted by Crippen LogP contribution is -2.09. The second kappa shape index (κ2) is 5.17. The van der Waals surface area contributed by atoms with Gasteiger partial charge in [-0.05, 0) is 37.6 Å². The minimum absolute atomic E-state index is 0.0145. The number of rotatable bonds is 4. The maximum absolute atomic E-state index is 13.0. The summed E-state index contributed by atoms with van der Waals surface area (Å²) in [6.07, 6.45) is 0.788. The number of hydrogen-bond donors (Lipinski definition) is 1. The molecule has 0 aliphatic heterocycles. The third-order valence-electron chi connectivity index (χ3n) is 3.02. The minimum atomic E-state index is -1.14. The van der Waals surface area contributed by atoms with Crippen LogP contribution in [0.5, 0.6) is 0 Å². The Hall–Kier alpha value is -2.24. The van der Waals surface area contributed by atoms with E-state index in [2.05, 4.69) is 10.3 Å². The van der Waals surface area contributed by atoms with E-state index in [4.69, 9.17) is 5.11 Å². The molecule has 19 heavy (non-hydrogen) atoms. The number of aromatic carboxylic acids is 1. The Morgan fingerprint density at radius 1 is 1.42 bits per heavy atom. The summed E-state index contributed by atoms with van der Waals surface area (Å²) in [5, 5.41) is 16.8. The van der Waals surface area contributed by atoms with E-state index < -0.39 is 5.97 Å². The van der Waals surface area contributed by atoms with Crippen LogP contribution in [0.3, 0.4) is 0 Å². The molecule has 0 bridgehead atoms. The van der Waals surface area contributed by atoms with Crippen LogP contribution in [-0.2, 0) is 0 Å². The molecule has 1 atom stereocenters. The van der Waals surface area contributed by atoms with E-state index >= 15 is 0 Å². The molecule has 0 saturated carbocycles. The van der Waals surface area contributed by atoms with Crippen molar-refractivity contribution in [3.8, 4) is 11.3 Å². The predicted octanol–water partition coefficient (Wildman–Crippen LogP) is 2.75. The molecule has 2 rings (SSSR count). The van der Waals surface area contributed by atoms with Crippen LogP contribution >= 0.6 is 0 Å². The fourth-order valence-electron chi connectivity index (χ4n) is 1.80. The molecule has 0 radical (unpaired) electrons. The third-order valence-corrected chi connectivity index (χ3v) is 3.02. The lowest BCUT2D eigenvalue weighted by molar-refractivity contribution is 0.0691. The second-order valence-electron chi connectivity index (χ2n) is 4.30. The van der Waals surface area contributed by atoms with Crippen LogP contribution in [0.25, 0.3) is 11.3 Å². The van der Waals surface area contributed by atoms with Crippen LogP contribution in [-0.4, -0.2) is 26.1 Å². The molecule has 2 aromatic rings. The second-order valence-corrected chi connectivity index (χ2v) is 4.30. The zero-order valence-electron chi connectivity index (χ0n) is 10.7. The van der Waals surface area contributed by atoms with Gasteiger partial charge in [0.2, 0.25) is 0 Å². The number of carboxylic acids is 1. The molecule has 100 valence electrons. The lowest BCUT2D eigenvalue weighted by atomic mass is 10.1. The topological polar surface area (TPSA) is 68.0 Å². The van der Waals surface area contributed by atoms with Crippen LogP contribution in [0, 0.1) is 5.82 Å². The molecule has 0 amide bonds. The van der Waals surface area contributed by atoms with E-state index in [1.54, 1.807) is 4.68 Å². The number of halogens is 1. The molecule has 0 aliphatic carbocycles. The first-order valence-corrected chi connectivity index (χ1v) is 5.99. The van der Waals surface area contributed by atoms with Gasteiger partial charge in [-0.3, -0.25) is 0 Å². The molecule has 1 heterocycles. The van der Waals surface area contributed by atoms with E-state index in [0.717, 1.165) is 6.42 Å². The zero-order valence-corrected chi connectivity index (χ0v) is 10.7. The molecule has 1 aromatic heterocycles. The van der Waals surface area contributed by atoms with Crippen molar-refractivity contribution < 1.29 is 14.3 Å². The fraction of sp³-hybridized carbons (Fsp3) is 0.308. The standard InChI is InChI=1S/C13H14FN3O2/c1-3-8(2)17-12(11(13(18)19)15-16-17)9-4-6-10(14)7-5-9/h4-8H,3H2,1-2H3,(H,18,19). The molecule has 0 spiro atoms. The van der Waals surface area contributed by atoms with Crippen molar-refractivity contribution in [2.75, 3.05) is 0 Å². The minimum Gasteiger partial charge on any atom is -0.476 e. The van der Waals surface area contributed by atoms with E-state index in [1.807, 2.05) is 13.8 Å². The molecule has 1 N–H and O–H groups in total. The number of aromatic nitrogens is 3. The molecule has 1 aromatic carbocycles. The molecule has 1 unspecified atom stereocenters. The van der Waals surface area contributed by atoms with Crippen molar-refractivity contribution in [1.82, 2.24) is 15.0 Å². The van der Waals surface area contributed by atoms with Gasteiger partial charge in [-0.1, -0.05) is 12.1 Å². The predicted molar refractivity (Wildman–Crippen MR) is 67.4 cm³/mol. The van der Waals surface area contributed by atoms with Gasteiger partial charge in [-0.25, -0.2) is 13.9 Å². The van der Waals surface area contributed by atoms with Crippen LogP contribution in [0.4, 0.5) is 4.39 Å². The van der Waals surface area contributed by atoms with Crippen molar-refractivity contribution in [3.05, 3.63) is 35.8 Å². The zero-order chi connectivity index (χ0) is 14.0. The number of carbonyl (C=O) groups is 1. The van der Waals surface area contributed by atoms with E-state index in [1.165, 1.54) is 24.3 Å². The molecule has 0 aliphatic rings. The van der Waals surface area contributed by atoms with Gasteiger partial charge >= 0.3 is 5.97 Å². The van der Waals surface area contributed by atoms with Gasteiger partial charge in [0, 0.05) is 5.56 Å². The number of hydrogen-bond acceptors (Lipinski definition) is 3. The lowest BCUT2D eigenvalue weighted by Gasteiger charge is -2.12. The fourth-order valence-corrected chi connectivity index (χ4v) is 1.80.